The van der Waals surface area contributed by atoms with Gasteiger partial charge in [0.05, 0.1) is 0 Å². The topological polar surface area (TPSA) is 58.6 Å². The lowest BCUT2D eigenvalue weighted by Crippen LogP contribution is -2.48. The average molecular weight is 327 g/mol. The summed E-state index contributed by atoms with van der Waals surface area (Å²) >= 11 is 5.77. The Morgan fingerprint density at radius 3 is 2.32 bits per heavy atom. The van der Waals surface area contributed by atoms with Crippen molar-refractivity contribution in [1.29, 1.82) is 0 Å². The molecule has 0 aliphatic rings. The van der Waals surface area contributed by atoms with Gasteiger partial charge in [-0.2, -0.15) is 0 Å². The molecule has 0 unspecified atom stereocenters. The largest absolute Gasteiger partial charge is 0.484 e. The molecule has 0 radical (unpaired) electrons. The Hall–Kier alpha value is -1.75. The van der Waals surface area contributed by atoms with E-state index in [4.69, 9.17) is 16.3 Å². The number of hydrogen-bond donors (Lipinski definition) is 1. The van der Waals surface area contributed by atoms with Gasteiger partial charge in [-0.25, -0.2) is 0 Å². The van der Waals surface area contributed by atoms with Crippen molar-refractivity contribution < 1.29 is 14.3 Å². The summed E-state index contributed by atoms with van der Waals surface area (Å²) in [4.78, 5) is 25.0. The van der Waals surface area contributed by atoms with E-state index < -0.39 is 0 Å². The number of ether oxygens (including phenoxy) is 1. The van der Waals surface area contributed by atoms with Crippen molar-refractivity contribution in [3.05, 3.63) is 29.3 Å². The number of halogens is 1. The van der Waals surface area contributed by atoms with Crippen molar-refractivity contribution in [2.75, 3.05) is 19.7 Å². The predicted molar refractivity (Wildman–Crippen MR) is 87.1 cm³/mol. The molecule has 2 amide bonds. The van der Waals surface area contributed by atoms with Gasteiger partial charge >= 0.3 is 0 Å². The van der Waals surface area contributed by atoms with Crippen LogP contribution in [0.1, 0.15) is 27.7 Å². The summed E-state index contributed by atoms with van der Waals surface area (Å²) in [7, 11) is 0. The van der Waals surface area contributed by atoms with Gasteiger partial charge in [-0.3, -0.25) is 9.59 Å². The van der Waals surface area contributed by atoms with E-state index in [0.29, 0.717) is 23.9 Å². The Kier molecular flexibility index (Phi) is 6.68. The van der Waals surface area contributed by atoms with Crippen LogP contribution in [0.2, 0.25) is 5.02 Å². The maximum atomic E-state index is 11.7. The van der Waals surface area contributed by atoms with Crippen LogP contribution < -0.4 is 10.1 Å². The van der Waals surface area contributed by atoms with E-state index in [1.807, 2.05) is 20.8 Å². The quantitative estimate of drug-likeness (QED) is 0.873. The summed E-state index contributed by atoms with van der Waals surface area (Å²) in [5.41, 5.74) is -0.267. The summed E-state index contributed by atoms with van der Waals surface area (Å²) in [5.74, 6) is 0.339. The molecule has 1 aromatic carbocycles. The summed E-state index contributed by atoms with van der Waals surface area (Å²) in [6, 6.07) is 6.80. The second-order valence-electron chi connectivity index (χ2n) is 5.93. The van der Waals surface area contributed by atoms with E-state index in [-0.39, 0.29) is 24.0 Å². The molecular formula is C16H23ClN2O3. The van der Waals surface area contributed by atoms with Gasteiger partial charge in [0.2, 0.25) is 5.91 Å². The number of nitrogens with zero attached hydrogens (tertiary/aromatic N) is 1. The first-order valence-electron chi connectivity index (χ1n) is 7.13. The first-order chi connectivity index (χ1) is 10.2. The highest BCUT2D eigenvalue weighted by molar-refractivity contribution is 6.30. The Bertz CT molecular complexity index is 509. The highest BCUT2D eigenvalue weighted by Gasteiger charge is 2.23. The van der Waals surface area contributed by atoms with Crippen LogP contribution in [0.3, 0.4) is 0 Å². The Balaban J connectivity index is 2.34. The number of amides is 2. The fourth-order valence-electron chi connectivity index (χ4n) is 2.00. The van der Waals surface area contributed by atoms with Gasteiger partial charge in [-0.1, -0.05) is 11.6 Å². The van der Waals surface area contributed by atoms with Crippen molar-refractivity contribution in [2.24, 2.45) is 0 Å². The van der Waals surface area contributed by atoms with E-state index in [2.05, 4.69) is 5.32 Å². The molecule has 0 saturated heterocycles. The van der Waals surface area contributed by atoms with Gasteiger partial charge in [0.25, 0.3) is 5.91 Å². The number of benzene rings is 1. The van der Waals surface area contributed by atoms with Crippen molar-refractivity contribution in [3.63, 3.8) is 0 Å². The van der Waals surface area contributed by atoms with Gasteiger partial charge in [-0.05, 0) is 45.0 Å². The Morgan fingerprint density at radius 2 is 1.82 bits per heavy atom. The summed E-state index contributed by atoms with van der Waals surface area (Å²) in [6.07, 6.45) is 0. The summed E-state index contributed by atoms with van der Waals surface area (Å²) < 4.78 is 5.34. The molecule has 22 heavy (non-hydrogen) atoms. The molecule has 1 rings (SSSR count). The molecule has 0 spiro atoms. The van der Waals surface area contributed by atoms with Crippen molar-refractivity contribution in [3.8, 4) is 5.75 Å². The minimum Gasteiger partial charge on any atom is -0.484 e. The standard InChI is InChI=1S/C16H23ClN2O3/c1-12(20)19(16(2,3)4)10-9-18-15(21)11-22-14-7-5-13(17)6-8-14/h5-8H,9-11H2,1-4H3,(H,18,21). The van der Waals surface area contributed by atoms with Crippen molar-refractivity contribution >= 4 is 23.4 Å². The van der Waals surface area contributed by atoms with Crippen LogP contribution in [0.25, 0.3) is 0 Å². The lowest BCUT2D eigenvalue weighted by Gasteiger charge is -2.35. The molecule has 0 aliphatic heterocycles. The van der Waals surface area contributed by atoms with Crippen molar-refractivity contribution in [1.82, 2.24) is 10.2 Å². The van der Waals surface area contributed by atoms with Crippen molar-refractivity contribution in [2.45, 2.75) is 33.2 Å². The maximum absolute atomic E-state index is 11.7. The lowest BCUT2D eigenvalue weighted by atomic mass is 10.1. The zero-order valence-corrected chi connectivity index (χ0v) is 14.2. The highest BCUT2D eigenvalue weighted by atomic mass is 35.5. The van der Waals surface area contributed by atoms with Crippen LogP contribution in [0.4, 0.5) is 0 Å². The summed E-state index contributed by atoms with van der Waals surface area (Å²) in [6.45, 7) is 8.18. The van der Waals surface area contributed by atoms with Crippen LogP contribution in [0.5, 0.6) is 5.75 Å². The third-order valence-electron chi connectivity index (χ3n) is 3.03. The number of hydrogen-bond acceptors (Lipinski definition) is 3. The lowest BCUT2D eigenvalue weighted by molar-refractivity contribution is -0.134. The molecule has 122 valence electrons. The molecule has 0 fully saturated rings. The normalized spacial score (nSPS) is 11.0. The van der Waals surface area contributed by atoms with E-state index in [1.165, 1.54) is 6.92 Å². The van der Waals surface area contributed by atoms with Crippen LogP contribution >= 0.6 is 11.6 Å². The van der Waals surface area contributed by atoms with E-state index in [0.717, 1.165) is 0 Å². The van der Waals surface area contributed by atoms with Crippen LogP contribution in [0.15, 0.2) is 24.3 Å². The second-order valence-corrected chi connectivity index (χ2v) is 6.37. The highest BCUT2D eigenvalue weighted by Crippen LogP contribution is 2.15. The minimum atomic E-state index is -0.267. The summed E-state index contributed by atoms with van der Waals surface area (Å²) in [5, 5.41) is 3.35. The molecule has 0 heterocycles. The first-order valence-corrected chi connectivity index (χ1v) is 7.51. The molecule has 1 aromatic rings. The third kappa shape index (κ3) is 6.35. The fourth-order valence-corrected chi connectivity index (χ4v) is 2.13. The first kappa shape index (κ1) is 18.3. The second kappa shape index (κ2) is 8.03. The molecule has 0 saturated carbocycles. The number of carbonyl (C=O) groups excluding carboxylic acids is 2. The van der Waals surface area contributed by atoms with Gasteiger partial charge in [0.1, 0.15) is 5.75 Å². The van der Waals surface area contributed by atoms with Crippen LogP contribution in [-0.4, -0.2) is 41.9 Å². The molecule has 0 aliphatic carbocycles. The molecular weight excluding hydrogens is 304 g/mol. The number of carbonyl (C=O) groups is 2. The zero-order valence-electron chi connectivity index (χ0n) is 13.5. The monoisotopic (exact) mass is 326 g/mol. The van der Waals surface area contributed by atoms with Gasteiger partial charge < -0.3 is 15.0 Å². The smallest absolute Gasteiger partial charge is 0.258 e. The molecule has 1 N–H and O–H groups in total. The zero-order chi connectivity index (χ0) is 16.8. The Morgan fingerprint density at radius 1 is 1.23 bits per heavy atom. The molecule has 6 heteroatoms. The van der Waals surface area contributed by atoms with Gasteiger partial charge in [0, 0.05) is 30.6 Å². The minimum absolute atomic E-state index is 0.0147. The molecule has 5 nitrogen and oxygen atoms in total. The van der Waals surface area contributed by atoms with E-state index in [9.17, 15) is 9.59 Å². The SMILES string of the molecule is CC(=O)N(CCNC(=O)COc1ccc(Cl)cc1)C(C)(C)C. The van der Waals surface area contributed by atoms with Gasteiger partial charge in [-0.15, -0.1) is 0 Å². The molecule has 0 aromatic heterocycles. The van der Waals surface area contributed by atoms with Crippen LogP contribution in [-0.2, 0) is 9.59 Å². The third-order valence-corrected chi connectivity index (χ3v) is 3.28. The van der Waals surface area contributed by atoms with Crippen LogP contribution in [0, 0.1) is 0 Å². The van der Waals surface area contributed by atoms with Gasteiger partial charge in [0.15, 0.2) is 6.61 Å². The Labute approximate surface area is 136 Å². The number of nitrogens with one attached hydrogen (secondary N) is 1. The number of rotatable bonds is 6. The maximum Gasteiger partial charge on any atom is 0.258 e. The predicted octanol–water partition coefficient (Wildman–Crippen LogP) is 2.48. The van der Waals surface area contributed by atoms with E-state index in [1.54, 1.807) is 29.2 Å². The fraction of sp³-hybridized carbons (Fsp3) is 0.500. The molecule has 0 bridgehead atoms. The molecule has 0 atom stereocenters. The van der Waals surface area contributed by atoms with E-state index >= 15 is 0 Å². The average Bonchev–Trinajstić information content (AvgIpc) is 2.41.